The number of anilines is 1. The Morgan fingerprint density at radius 1 is 1.23 bits per heavy atom. The number of amides is 1. The lowest BCUT2D eigenvalue weighted by Crippen LogP contribution is -2.28. The van der Waals surface area contributed by atoms with Gasteiger partial charge in [0, 0.05) is 21.8 Å². The second-order valence-corrected chi connectivity index (χ2v) is 6.01. The molecule has 1 aromatic carbocycles. The fraction of sp³-hybridized carbons (Fsp3) is 0.267. The summed E-state index contributed by atoms with van der Waals surface area (Å²) < 4.78 is 1.24. The van der Waals surface area contributed by atoms with Crippen molar-refractivity contribution < 1.29 is 4.79 Å². The third-order valence-corrected chi connectivity index (χ3v) is 3.39. The van der Waals surface area contributed by atoms with Gasteiger partial charge in [-0.15, -0.1) is 0 Å². The van der Waals surface area contributed by atoms with Gasteiger partial charge in [-0.1, -0.05) is 37.0 Å². The molecule has 0 unspecified atom stereocenters. The molecule has 1 N–H and O–H groups in total. The molecule has 0 aliphatic carbocycles. The number of hydrogen-bond donors (Lipinski definition) is 1. The van der Waals surface area contributed by atoms with Crippen LogP contribution in [0.1, 0.15) is 25.5 Å². The summed E-state index contributed by atoms with van der Waals surface area (Å²) in [5.41, 5.74) is 0.906. The van der Waals surface area contributed by atoms with Crippen molar-refractivity contribution in [2.45, 2.75) is 26.3 Å². The molecular formula is C15H15Cl2N3O2. The van der Waals surface area contributed by atoms with E-state index in [0.29, 0.717) is 21.4 Å². The van der Waals surface area contributed by atoms with Crippen molar-refractivity contribution in [1.82, 2.24) is 9.55 Å². The van der Waals surface area contributed by atoms with Crippen molar-refractivity contribution in [2.24, 2.45) is 0 Å². The summed E-state index contributed by atoms with van der Waals surface area (Å²) in [5.74, 6) is -0.204. The molecular weight excluding hydrogens is 325 g/mol. The molecule has 0 bridgehead atoms. The van der Waals surface area contributed by atoms with Crippen LogP contribution in [0.25, 0.3) is 0 Å². The number of rotatable bonds is 4. The summed E-state index contributed by atoms with van der Waals surface area (Å²) in [6.07, 6.45) is 1.38. The van der Waals surface area contributed by atoms with Crippen LogP contribution in [0.3, 0.4) is 0 Å². The second-order valence-electron chi connectivity index (χ2n) is 5.14. The lowest BCUT2D eigenvalue weighted by molar-refractivity contribution is -0.116. The number of halogens is 2. The van der Waals surface area contributed by atoms with E-state index < -0.39 is 0 Å². The first-order valence-electron chi connectivity index (χ1n) is 6.67. The Morgan fingerprint density at radius 3 is 2.41 bits per heavy atom. The molecule has 7 heteroatoms. The normalized spacial score (nSPS) is 10.8. The van der Waals surface area contributed by atoms with Gasteiger partial charge in [-0.05, 0) is 24.1 Å². The average molecular weight is 340 g/mol. The van der Waals surface area contributed by atoms with E-state index >= 15 is 0 Å². The van der Waals surface area contributed by atoms with Gasteiger partial charge >= 0.3 is 0 Å². The summed E-state index contributed by atoms with van der Waals surface area (Å²) >= 11 is 11.7. The third-order valence-electron chi connectivity index (χ3n) is 2.95. The Kier molecular flexibility index (Phi) is 5.21. The van der Waals surface area contributed by atoms with Crippen LogP contribution in [0.2, 0.25) is 10.0 Å². The van der Waals surface area contributed by atoms with Crippen molar-refractivity contribution >= 4 is 34.8 Å². The van der Waals surface area contributed by atoms with E-state index in [1.54, 1.807) is 18.2 Å². The average Bonchev–Trinajstić information content (AvgIpc) is 2.39. The first-order valence-corrected chi connectivity index (χ1v) is 7.43. The lowest BCUT2D eigenvalue weighted by atomic mass is 10.1. The highest BCUT2D eigenvalue weighted by Crippen LogP contribution is 2.22. The lowest BCUT2D eigenvalue weighted by Gasteiger charge is -2.09. The zero-order valence-electron chi connectivity index (χ0n) is 12.1. The van der Waals surface area contributed by atoms with E-state index in [1.165, 1.54) is 17.0 Å². The van der Waals surface area contributed by atoms with Gasteiger partial charge in [-0.25, -0.2) is 4.98 Å². The van der Waals surface area contributed by atoms with Crippen LogP contribution in [0.5, 0.6) is 0 Å². The van der Waals surface area contributed by atoms with Crippen LogP contribution in [0.15, 0.2) is 35.4 Å². The van der Waals surface area contributed by atoms with Crippen LogP contribution in [-0.4, -0.2) is 15.5 Å². The van der Waals surface area contributed by atoms with Crippen molar-refractivity contribution in [3.8, 4) is 0 Å². The molecule has 0 saturated carbocycles. The molecule has 0 fully saturated rings. The molecule has 5 nitrogen and oxygen atoms in total. The number of aromatic nitrogens is 2. The Balaban J connectivity index is 2.10. The van der Waals surface area contributed by atoms with Crippen LogP contribution in [-0.2, 0) is 11.3 Å². The molecule has 2 aromatic rings. The maximum atomic E-state index is 12.0. The summed E-state index contributed by atoms with van der Waals surface area (Å²) in [4.78, 5) is 28.1. The van der Waals surface area contributed by atoms with Crippen LogP contribution >= 0.6 is 23.2 Å². The first kappa shape index (κ1) is 16.5. The van der Waals surface area contributed by atoms with Crippen molar-refractivity contribution in [1.29, 1.82) is 0 Å². The number of carbonyl (C=O) groups excluding carboxylic acids is 1. The molecule has 0 aliphatic rings. The van der Waals surface area contributed by atoms with E-state index in [9.17, 15) is 9.59 Å². The summed E-state index contributed by atoms with van der Waals surface area (Å²) in [5, 5.41) is 3.48. The zero-order valence-corrected chi connectivity index (χ0v) is 13.6. The number of nitrogens with one attached hydrogen (secondary N) is 1. The summed E-state index contributed by atoms with van der Waals surface area (Å²) in [6, 6.07) is 6.16. The molecule has 0 atom stereocenters. The maximum absolute atomic E-state index is 12.0. The van der Waals surface area contributed by atoms with E-state index in [1.807, 2.05) is 13.8 Å². The fourth-order valence-corrected chi connectivity index (χ4v) is 2.38. The second kappa shape index (κ2) is 6.94. The van der Waals surface area contributed by atoms with Crippen LogP contribution < -0.4 is 10.9 Å². The highest BCUT2D eigenvalue weighted by molar-refractivity contribution is 6.35. The Hall–Kier alpha value is -1.85. The minimum Gasteiger partial charge on any atom is -0.324 e. The van der Waals surface area contributed by atoms with Gasteiger partial charge in [-0.2, -0.15) is 0 Å². The quantitative estimate of drug-likeness (QED) is 0.929. The van der Waals surface area contributed by atoms with E-state index in [-0.39, 0.29) is 23.9 Å². The number of hydrogen-bond acceptors (Lipinski definition) is 3. The van der Waals surface area contributed by atoms with E-state index in [4.69, 9.17) is 23.2 Å². The minimum absolute atomic E-state index is 0.131. The Morgan fingerprint density at radius 2 is 1.86 bits per heavy atom. The molecule has 1 heterocycles. The Labute approximate surface area is 137 Å². The number of carbonyl (C=O) groups is 1. The molecule has 22 heavy (non-hydrogen) atoms. The predicted molar refractivity (Wildman–Crippen MR) is 87.7 cm³/mol. The molecule has 1 aromatic heterocycles. The molecule has 0 radical (unpaired) electrons. The van der Waals surface area contributed by atoms with E-state index in [2.05, 4.69) is 10.3 Å². The Bertz CT molecular complexity index is 736. The minimum atomic E-state index is -0.362. The molecule has 2 rings (SSSR count). The predicted octanol–water partition coefficient (Wildman–Crippen LogP) is 3.31. The SMILES string of the molecule is CC(C)c1cc(=O)n(CC(=O)Nc2cc(Cl)cc(Cl)c2)cn1. The van der Waals surface area contributed by atoms with Gasteiger partial charge in [0.05, 0.1) is 12.0 Å². The van der Waals surface area contributed by atoms with Crippen molar-refractivity contribution in [3.63, 3.8) is 0 Å². The van der Waals surface area contributed by atoms with Gasteiger partial charge in [-0.3, -0.25) is 14.2 Å². The number of nitrogens with zero attached hydrogens (tertiary/aromatic N) is 2. The van der Waals surface area contributed by atoms with Crippen molar-refractivity contribution in [2.75, 3.05) is 5.32 Å². The van der Waals surface area contributed by atoms with Gasteiger partial charge in [0.2, 0.25) is 5.91 Å². The maximum Gasteiger partial charge on any atom is 0.254 e. The van der Waals surface area contributed by atoms with Crippen LogP contribution in [0, 0.1) is 0 Å². The van der Waals surface area contributed by atoms with E-state index in [0.717, 1.165) is 0 Å². The van der Waals surface area contributed by atoms with Gasteiger partial charge in [0.25, 0.3) is 5.56 Å². The van der Waals surface area contributed by atoms with Gasteiger partial charge in [0.1, 0.15) is 6.54 Å². The molecule has 0 aliphatic heterocycles. The van der Waals surface area contributed by atoms with Crippen LogP contribution in [0.4, 0.5) is 5.69 Å². The highest BCUT2D eigenvalue weighted by Gasteiger charge is 2.09. The monoisotopic (exact) mass is 339 g/mol. The zero-order chi connectivity index (χ0) is 16.3. The highest BCUT2D eigenvalue weighted by atomic mass is 35.5. The molecule has 0 saturated heterocycles. The number of benzene rings is 1. The standard InChI is InChI=1S/C15H15Cl2N3O2/c1-9(2)13-6-15(22)20(8-18-13)7-14(21)19-12-4-10(16)3-11(17)5-12/h3-6,8-9H,7H2,1-2H3,(H,19,21). The van der Waals surface area contributed by atoms with Gasteiger partial charge in [0.15, 0.2) is 0 Å². The molecule has 0 spiro atoms. The molecule has 116 valence electrons. The largest absolute Gasteiger partial charge is 0.324 e. The third kappa shape index (κ3) is 4.32. The summed E-state index contributed by atoms with van der Waals surface area (Å²) in [7, 11) is 0. The fourth-order valence-electron chi connectivity index (χ4n) is 1.86. The van der Waals surface area contributed by atoms with Gasteiger partial charge < -0.3 is 5.32 Å². The summed E-state index contributed by atoms with van der Waals surface area (Å²) in [6.45, 7) is 3.76. The topological polar surface area (TPSA) is 64.0 Å². The molecule has 1 amide bonds. The smallest absolute Gasteiger partial charge is 0.254 e. The first-order chi connectivity index (χ1) is 10.3. The van der Waals surface area contributed by atoms with Crippen molar-refractivity contribution in [3.05, 3.63) is 56.7 Å².